The zero-order chi connectivity index (χ0) is 12.1. The molecule has 0 bridgehead atoms. The molecule has 0 amide bonds. The van der Waals surface area contributed by atoms with Crippen molar-refractivity contribution < 1.29 is 23.5 Å². The molecule has 6 heteroatoms. The first-order valence-electron chi connectivity index (χ1n) is 4.20. The maximum atomic E-state index is 12.8. The Morgan fingerprint density at radius 1 is 1.44 bits per heavy atom. The zero-order valence-corrected chi connectivity index (χ0v) is 8.31. The lowest BCUT2D eigenvalue weighted by atomic mass is 10.1. The van der Waals surface area contributed by atoms with Crippen LogP contribution < -0.4 is 0 Å². The first-order valence-corrected chi connectivity index (χ1v) is 4.20. The van der Waals surface area contributed by atoms with E-state index in [1.807, 2.05) is 0 Å². The van der Waals surface area contributed by atoms with Gasteiger partial charge in [0.1, 0.15) is 5.82 Å². The van der Waals surface area contributed by atoms with Gasteiger partial charge in [0, 0.05) is 5.56 Å². The first-order chi connectivity index (χ1) is 7.60. The largest absolute Gasteiger partial charge is 0.460 e. The molecule has 0 spiro atoms. The second kappa shape index (κ2) is 4.95. The molecular formula is C10H7FN2O3. The number of methoxy groups -OCH3 is 1. The molecule has 0 saturated carbocycles. The number of benzene rings is 1. The van der Waals surface area contributed by atoms with Crippen LogP contribution in [0.25, 0.3) is 5.53 Å². The number of nitrogens with zero attached hydrogens (tertiary/aromatic N) is 2. The molecule has 0 saturated heterocycles. The minimum atomic E-state index is -1.09. The lowest BCUT2D eigenvalue weighted by molar-refractivity contribution is -0.137. The third kappa shape index (κ3) is 2.37. The summed E-state index contributed by atoms with van der Waals surface area (Å²) in [5.74, 6) is -2.63. The lowest BCUT2D eigenvalue weighted by Crippen LogP contribution is -2.26. The summed E-state index contributed by atoms with van der Waals surface area (Å²) < 4.78 is 17.0. The SMILES string of the molecule is COC(=O)C(=[N+]=[N-])C(=O)c1cccc(F)c1. The predicted octanol–water partition coefficient (Wildman–Crippen LogP) is 0.852. The number of Topliss-reactive ketones (excluding diaryl/α,β-unsaturated/α-hetero) is 1. The highest BCUT2D eigenvalue weighted by Crippen LogP contribution is 2.05. The standard InChI is InChI=1S/C10H7FN2O3/c1-16-10(15)8(13-12)9(14)6-3-2-4-7(11)5-6/h2-5H,1H3. The van der Waals surface area contributed by atoms with Crippen LogP contribution in [0.2, 0.25) is 0 Å². The summed E-state index contributed by atoms with van der Waals surface area (Å²) >= 11 is 0. The van der Waals surface area contributed by atoms with Gasteiger partial charge >= 0.3 is 11.7 Å². The van der Waals surface area contributed by atoms with E-state index in [0.29, 0.717) is 0 Å². The normalized spacial score (nSPS) is 9.12. The Kier molecular flexibility index (Phi) is 3.63. The number of ketones is 1. The fraction of sp³-hybridized carbons (Fsp3) is 0.100. The number of halogens is 1. The van der Waals surface area contributed by atoms with Crippen LogP contribution in [-0.4, -0.2) is 29.4 Å². The second-order valence-corrected chi connectivity index (χ2v) is 2.78. The molecule has 0 heterocycles. The molecule has 0 fully saturated rings. The summed E-state index contributed by atoms with van der Waals surface area (Å²) in [5, 5.41) is 0. The quantitative estimate of drug-likeness (QED) is 0.190. The van der Waals surface area contributed by atoms with Gasteiger partial charge < -0.3 is 10.3 Å². The summed E-state index contributed by atoms with van der Waals surface area (Å²) in [4.78, 5) is 25.1. The van der Waals surface area contributed by atoms with Gasteiger partial charge in [-0.3, -0.25) is 4.79 Å². The maximum absolute atomic E-state index is 12.8. The molecule has 16 heavy (non-hydrogen) atoms. The highest BCUT2D eigenvalue weighted by Gasteiger charge is 2.31. The molecule has 0 radical (unpaired) electrons. The molecule has 0 N–H and O–H groups in total. The number of hydrogen-bond donors (Lipinski definition) is 0. The van der Waals surface area contributed by atoms with Crippen LogP contribution in [0.4, 0.5) is 4.39 Å². The maximum Gasteiger partial charge on any atom is 0.446 e. The summed E-state index contributed by atoms with van der Waals surface area (Å²) in [7, 11) is 1.03. The average molecular weight is 222 g/mol. The molecule has 1 aromatic carbocycles. The van der Waals surface area contributed by atoms with Crippen molar-refractivity contribution in [1.29, 1.82) is 0 Å². The van der Waals surface area contributed by atoms with E-state index in [1.54, 1.807) is 0 Å². The van der Waals surface area contributed by atoms with Crippen LogP contribution in [0.5, 0.6) is 0 Å². The van der Waals surface area contributed by atoms with Gasteiger partial charge in [-0.15, -0.1) is 0 Å². The van der Waals surface area contributed by atoms with Crippen LogP contribution in [-0.2, 0) is 9.53 Å². The molecule has 1 rings (SSSR count). The number of esters is 1. The highest BCUT2D eigenvalue weighted by molar-refractivity contribution is 6.65. The molecule has 0 aliphatic heterocycles. The smallest absolute Gasteiger partial charge is 0.446 e. The number of carbonyl (C=O) groups is 2. The Hall–Kier alpha value is -2.33. The Labute approximate surface area is 90.1 Å². The van der Waals surface area contributed by atoms with Gasteiger partial charge in [0.25, 0.3) is 5.78 Å². The Morgan fingerprint density at radius 3 is 2.62 bits per heavy atom. The van der Waals surface area contributed by atoms with Gasteiger partial charge in [0.2, 0.25) is 0 Å². The van der Waals surface area contributed by atoms with Gasteiger partial charge in [0.15, 0.2) is 0 Å². The van der Waals surface area contributed by atoms with Crippen LogP contribution in [0.15, 0.2) is 24.3 Å². The molecule has 0 aliphatic rings. The highest BCUT2D eigenvalue weighted by atomic mass is 19.1. The van der Waals surface area contributed by atoms with Crippen molar-refractivity contribution in [2.75, 3.05) is 7.11 Å². The third-order valence-electron chi connectivity index (χ3n) is 1.78. The Balaban J connectivity index is 3.11. The van der Waals surface area contributed by atoms with Gasteiger partial charge in [-0.1, -0.05) is 12.1 Å². The molecule has 5 nitrogen and oxygen atoms in total. The van der Waals surface area contributed by atoms with E-state index in [2.05, 4.69) is 9.53 Å². The Bertz CT molecular complexity index is 493. The predicted molar refractivity (Wildman–Crippen MR) is 51.4 cm³/mol. The minimum Gasteiger partial charge on any atom is -0.460 e. The monoisotopic (exact) mass is 222 g/mol. The second-order valence-electron chi connectivity index (χ2n) is 2.78. The van der Waals surface area contributed by atoms with Gasteiger partial charge in [-0.05, 0) is 12.1 Å². The van der Waals surface area contributed by atoms with Crippen LogP contribution >= 0.6 is 0 Å². The lowest BCUT2D eigenvalue weighted by Gasteiger charge is -1.96. The van der Waals surface area contributed by atoms with Crippen LogP contribution in [0, 0.1) is 5.82 Å². The molecule has 0 atom stereocenters. The van der Waals surface area contributed by atoms with Crippen LogP contribution in [0.1, 0.15) is 10.4 Å². The fourth-order valence-corrected chi connectivity index (χ4v) is 1.04. The Morgan fingerprint density at radius 2 is 2.12 bits per heavy atom. The topological polar surface area (TPSA) is 79.8 Å². The fourth-order valence-electron chi connectivity index (χ4n) is 1.04. The molecule has 82 valence electrons. The van der Waals surface area contributed by atoms with Crippen molar-refractivity contribution >= 4 is 17.5 Å². The van der Waals surface area contributed by atoms with E-state index in [-0.39, 0.29) is 5.56 Å². The van der Waals surface area contributed by atoms with Gasteiger partial charge in [0.05, 0.1) is 7.11 Å². The van der Waals surface area contributed by atoms with Crippen molar-refractivity contribution in [3.8, 4) is 0 Å². The summed E-state index contributed by atoms with van der Waals surface area (Å²) in [6.07, 6.45) is 0. The minimum absolute atomic E-state index is 0.0989. The summed E-state index contributed by atoms with van der Waals surface area (Å²) in [5.41, 5.74) is 7.60. The first kappa shape index (κ1) is 11.7. The summed E-state index contributed by atoms with van der Waals surface area (Å²) in [6, 6.07) is 4.66. The van der Waals surface area contributed by atoms with E-state index in [0.717, 1.165) is 19.2 Å². The summed E-state index contributed by atoms with van der Waals surface area (Å²) in [6.45, 7) is 0. The average Bonchev–Trinajstić information content (AvgIpc) is 2.29. The number of carbonyl (C=O) groups excluding carboxylic acids is 2. The molecule has 0 unspecified atom stereocenters. The van der Waals surface area contributed by atoms with Crippen molar-refractivity contribution in [2.45, 2.75) is 0 Å². The molecule has 0 aliphatic carbocycles. The van der Waals surface area contributed by atoms with Crippen molar-refractivity contribution in [3.05, 3.63) is 41.2 Å². The van der Waals surface area contributed by atoms with Crippen LogP contribution in [0.3, 0.4) is 0 Å². The number of rotatable bonds is 3. The number of ether oxygens (including phenoxy) is 1. The van der Waals surface area contributed by atoms with Gasteiger partial charge in [-0.2, -0.15) is 4.79 Å². The van der Waals surface area contributed by atoms with Crippen molar-refractivity contribution in [2.24, 2.45) is 0 Å². The third-order valence-corrected chi connectivity index (χ3v) is 1.78. The van der Waals surface area contributed by atoms with E-state index in [1.165, 1.54) is 12.1 Å². The van der Waals surface area contributed by atoms with Gasteiger partial charge in [-0.25, -0.2) is 9.18 Å². The van der Waals surface area contributed by atoms with E-state index >= 15 is 0 Å². The van der Waals surface area contributed by atoms with E-state index in [9.17, 15) is 14.0 Å². The zero-order valence-electron chi connectivity index (χ0n) is 8.31. The van der Waals surface area contributed by atoms with E-state index < -0.39 is 23.3 Å². The van der Waals surface area contributed by atoms with E-state index in [4.69, 9.17) is 5.53 Å². The number of hydrogen-bond acceptors (Lipinski definition) is 3. The molecule has 1 aromatic rings. The van der Waals surface area contributed by atoms with Crippen molar-refractivity contribution in [3.63, 3.8) is 0 Å². The van der Waals surface area contributed by atoms with Crippen molar-refractivity contribution in [1.82, 2.24) is 0 Å². The molecule has 0 aromatic heterocycles. The molecular weight excluding hydrogens is 215 g/mol.